The van der Waals surface area contributed by atoms with Crippen LogP contribution in [0.3, 0.4) is 0 Å². The lowest BCUT2D eigenvalue weighted by molar-refractivity contribution is -0.137. The van der Waals surface area contributed by atoms with Crippen molar-refractivity contribution in [1.29, 1.82) is 0 Å². The molecule has 0 unspecified atom stereocenters. The first-order valence-electron chi connectivity index (χ1n) is 9.70. The van der Waals surface area contributed by atoms with Crippen molar-refractivity contribution >= 4 is 17.3 Å². The van der Waals surface area contributed by atoms with Crippen LogP contribution in [0.15, 0.2) is 77.5 Å². The summed E-state index contributed by atoms with van der Waals surface area (Å²) in [4.78, 5) is 8.52. The average Bonchev–Trinajstić information content (AvgIpc) is 3.39. The van der Waals surface area contributed by atoms with Crippen molar-refractivity contribution in [3.05, 3.63) is 84.5 Å². The maximum Gasteiger partial charge on any atom is 0.417 e. The van der Waals surface area contributed by atoms with Crippen LogP contribution in [-0.2, 0) is 6.18 Å². The molecule has 0 spiro atoms. The Bertz CT molecular complexity index is 1400. The largest absolute Gasteiger partial charge is 0.441 e. The van der Waals surface area contributed by atoms with E-state index in [-0.39, 0.29) is 11.5 Å². The molecule has 0 amide bonds. The van der Waals surface area contributed by atoms with E-state index in [0.717, 1.165) is 17.3 Å². The van der Waals surface area contributed by atoms with E-state index in [4.69, 9.17) is 4.42 Å². The van der Waals surface area contributed by atoms with E-state index in [2.05, 4.69) is 20.4 Å². The second-order valence-corrected chi connectivity index (χ2v) is 7.11. The van der Waals surface area contributed by atoms with Crippen LogP contribution < -0.4 is 5.32 Å². The monoisotopic (exact) mass is 435 g/mol. The Morgan fingerprint density at radius 1 is 0.938 bits per heavy atom. The van der Waals surface area contributed by atoms with Gasteiger partial charge in [0.2, 0.25) is 5.95 Å². The van der Waals surface area contributed by atoms with Crippen molar-refractivity contribution < 1.29 is 17.6 Å². The van der Waals surface area contributed by atoms with Crippen molar-refractivity contribution in [3.8, 4) is 22.5 Å². The molecule has 0 aliphatic rings. The van der Waals surface area contributed by atoms with Gasteiger partial charge in [-0.1, -0.05) is 18.2 Å². The molecule has 5 rings (SSSR count). The molecular weight excluding hydrogens is 419 g/mol. The fourth-order valence-electron chi connectivity index (χ4n) is 3.48. The van der Waals surface area contributed by atoms with Gasteiger partial charge in [-0.25, -0.2) is 9.50 Å². The summed E-state index contributed by atoms with van der Waals surface area (Å²) in [5.41, 5.74) is 1.58. The van der Waals surface area contributed by atoms with Gasteiger partial charge in [-0.15, -0.1) is 5.10 Å². The van der Waals surface area contributed by atoms with E-state index >= 15 is 0 Å². The third-order valence-electron chi connectivity index (χ3n) is 4.93. The smallest absolute Gasteiger partial charge is 0.417 e. The molecule has 3 aromatic heterocycles. The predicted molar refractivity (Wildman–Crippen MR) is 113 cm³/mol. The van der Waals surface area contributed by atoms with Crippen LogP contribution in [-0.4, -0.2) is 19.6 Å². The summed E-state index contributed by atoms with van der Waals surface area (Å²) in [6.45, 7) is 1.77. The number of hydrogen-bond acceptors (Lipinski definition) is 5. The number of benzene rings is 2. The van der Waals surface area contributed by atoms with E-state index in [1.807, 2.05) is 24.3 Å². The minimum Gasteiger partial charge on any atom is -0.441 e. The molecule has 2 aromatic carbocycles. The lowest BCUT2D eigenvalue weighted by Gasteiger charge is -2.12. The van der Waals surface area contributed by atoms with Crippen LogP contribution in [0, 0.1) is 6.92 Å². The number of rotatable bonds is 4. The van der Waals surface area contributed by atoms with Crippen molar-refractivity contribution in [1.82, 2.24) is 19.6 Å². The van der Waals surface area contributed by atoms with Gasteiger partial charge in [-0.2, -0.15) is 18.2 Å². The molecule has 1 N–H and O–H groups in total. The lowest BCUT2D eigenvalue weighted by Crippen LogP contribution is -2.07. The SMILES string of the molecule is Cc1ncc(-c2ccc(Nc3nc4c(-c5ccccc5C(F)(F)F)cccn4n3)cc2)o1. The highest BCUT2D eigenvalue weighted by atomic mass is 19.4. The summed E-state index contributed by atoms with van der Waals surface area (Å²) in [5.74, 6) is 1.51. The number of oxazole rings is 1. The minimum atomic E-state index is -4.48. The normalized spacial score (nSPS) is 11.8. The van der Waals surface area contributed by atoms with E-state index < -0.39 is 11.7 Å². The molecular formula is C23H16F3N5O. The summed E-state index contributed by atoms with van der Waals surface area (Å²) in [6, 6.07) is 16.1. The molecule has 6 nitrogen and oxygen atoms in total. The average molecular weight is 435 g/mol. The summed E-state index contributed by atoms with van der Waals surface area (Å²) in [7, 11) is 0. The number of aryl methyl sites for hydroxylation is 1. The zero-order chi connectivity index (χ0) is 22.3. The quantitative estimate of drug-likeness (QED) is 0.368. The molecule has 0 atom stereocenters. The maximum absolute atomic E-state index is 13.5. The second kappa shape index (κ2) is 7.52. The van der Waals surface area contributed by atoms with E-state index in [1.54, 1.807) is 37.5 Å². The highest BCUT2D eigenvalue weighted by molar-refractivity contribution is 5.80. The fourth-order valence-corrected chi connectivity index (χ4v) is 3.48. The minimum absolute atomic E-state index is 0.0521. The number of pyridine rings is 1. The van der Waals surface area contributed by atoms with Crippen molar-refractivity contribution in [3.63, 3.8) is 0 Å². The van der Waals surface area contributed by atoms with Crippen molar-refractivity contribution in [2.24, 2.45) is 0 Å². The van der Waals surface area contributed by atoms with Gasteiger partial charge in [0.15, 0.2) is 17.3 Å². The highest BCUT2D eigenvalue weighted by Crippen LogP contribution is 2.38. The van der Waals surface area contributed by atoms with Crippen LogP contribution >= 0.6 is 0 Å². The molecule has 32 heavy (non-hydrogen) atoms. The number of halogens is 3. The first-order chi connectivity index (χ1) is 15.4. The number of nitrogens with one attached hydrogen (secondary N) is 1. The first kappa shape index (κ1) is 19.8. The van der Waals surface area contributed by atoms with E-state index in [9.17, 15) is 13.2 Å². The van der Waals surface area contributed by atoms with Crippen LogP contribution in [0.25, 0.3) is 28.1 Å². The molecule has 0 saturated carbocycles. The molecule has 0 aliphatic carbocycles. The lowest BCUT2D eigenvalue weighted by atomic mass is 10.0. The Hall–Kier alpha value is -4.14. The van der Waals surface area contributed by atoms with Gasteiger partial charge in [-0.05, 0) is 48.0 Å². The standard InChI is InChI=1S/C23H16F3N5O/c1-14-27-13-20(32-14)15-8-10-16(11-9-15)28-22-29-21-18(6-4-12-31(21)30-22)17-5-2-3-7-19(17)23(24,25)26/h2-13H,1H3,(H,28,30). The molecule has 5 aromatic rings. The topological polar surface area (TPSA) is 68.2 Å². The second-order valence-electron chi connectivity index (χ2n) is 7.11. The van der Waals surface area contributed by atoms with E-state index in [0.29, 0.717) is 22.9 Å². The third-order valence-corrected chi connectivity index (χ3v) is 4.93. The molecule has 160 valence electrons. The van der Waals surface area contributed by atoms with Gasteiger partial charge >= 0.3 is 6.18 Å². The Balaban J connectivity index is 1.48. The molecule has 3 heterocycles. The van der Waals surface area contributed by atoms with Crippen LogP contribution in [0.4, 0.5) is 24.8 Å². The van der Waals surface area contributed by atoms with Gasteiger partial charge in [0, 0.05) is 29.9 Å². The van der Waals surface area contributed by atoms with Crippen LogP contribution in [0.1, 0.15) is 11.5 Å². The van der Waals surface area contributed by atoms with Gasteiger partial charge in [0.25, 0.3) is 0 Å². The van der Waals surface area contributed by atoms with Crippen molar-refractivity contribution in [2.75, 3.05) is 5.32 Å². The van der Waals surface area contributed by atoms with Crippen LogP contribution in [0.2, 0.25) is 0 Å². The van der Waals surface area contributed by atoms with E-state index in [1.165, 1.54) is 16.6 Å². The molecule has 9 heteroatoms. The fraction of sp³-hybridized carbons (Fsp3) is 0.0870. The van der Waals surface area contributed by atoms with Gasteiger partial charge in [-0.3, -0.25) is 0 Å². The number of fused-ring (bicyclic) bond motifs is 1. The number of hydrogen-bond donors (Lipinski definition) is 1. The number of alkyl halides is 3. The number of anilines is 2. The number of nitrogens with zero attached hydrogens (tertiary/aromatic N) is 4. The summed E-state index contributed by atoms with van der Waals surface area (Å²) in [6.07, 6.45) is -1.18. The van der Waals surface area contributed by atoms with Crippen LogP contribution in [0.5, 0.6) is 0 Å². The Labute approximate surface area is 180 Å². The molecule has 0 radical (unpaired) electrons. The molecule has 0 saturated heterocycles. The van der Waals surface area contributed by atoms with Gasteiger partial charge in [0.05, 0.1) is 11.8 Å². The number of aromatic nitrogens is 4. The molecule has 0 bridgehead atoms. The molecule has 0 fully saturated rings. The highest BCUT2D eigenvalue weighted by Gasteiger charge is 2.33. The summed E-state index contributed by atoms with van der Waals surface area (Å²) in [5, 5.41) is 7.44. The van der Waals surface area contributed by atoms with Gasteiger partial charge < -0.3 is 9.73 Å². The predicted octanol–water partition coefficient (Wildman–Crippen LogP) is 6.12. The Morgan fingerprint density at radius 2 is 1.69 bits per heavy atom. The Morgan fingerprint density at radius 3 is 2.41 bits per heavy atom. The maximum atomic E-state index is 13.5. The van der Waals surface area contributed by atoms with Gasteiger partial charge in [0.1, 0.15) is 0 Å². The zero-order valence-corrected chi connectivity index (χ0v) is 16.8. The zero-order valence-electron chi connectivity index (χ0n) is 16.8. The molecule has 0 aliphatic heterocycles. The Kier molecular flexibility index (Phi) is 4.66. The summed E-state index contributed by atoms with van der Waals surface area (Å²) < 4.78 is 47.5. The van der Waals surface area contributed by atoms with Crippen molar-refractivity contribution in [2.45, 2.75) is 13.1 Å². The third kappa shape index (κ3) is 3.68. The summed E-state index contributed by atoms with van der Waals surface area (Å²) >= 11 is 0. The first-order valence-corrected chi connectivity index (χ1v) is 9.70.